The van der Waals surface area contributed by atoms with Gasteiger partial charge in [-0.05, 0) is 12.1 Å². The largest absolute Gasteiger partial charge is 0.378 e. The van der Waals surface area contributed by atoms with Crippen molar-refractivity contribution in [3.05, 3.63) is 46.6 Å². The highest BCUT2D eigenvalue weighted by Crippen LogP contribution is 2.22. The molecule has 0 unspecified atom stereocenters. The highest BCUT2D eigenvalue weighted by Gasteiger charge is 2.17. The maximum absolute atomic E-state index is 10.5. The van der Waals surface area contributed by atoms with E-state index in [0.29, 0.717) is 5.69 Å². The average molecular weight is 204 g/mol. The van der Waals surface area contributed by atoms with Crippen LogP contribution in [0.1, 0.15) is 0 Å². The second-order valence-corrected chi connectivity index (χ2v) is 2.92. The van der Waals surface area contributed by atoms with Crippen LogP contribution in [-0.4, -0.2) is 14.7 Å². The molecular weight excluding hydrogens is 196 g/mol. The maximum atomic E-state index is 10.5. The Bertz CT molecular complexity index is 492. The van der Waals surface area contributed by atoms with Crippen molar-refractivity contribution in [2.24, 2.45) is 0 Å². The molecule has 0 radical (unpaired) electrons. The van der Waals surface area contributed by atoms with Gasteiger partial charge in [0.2, 0.25) is 5.82 Å². The van der Waals surface area contributed by atoms with Gasteiger partial charge in [-0.25, -0.2) is 4.68 Å². The molecule has 0 fully saturated rings. The highest BCUT2D eigenvalue weighted by molar-refractivity contribution is 5.55. The molecular formula is C9H8N4O2. The summed E-state index contributed by atoms with van der Waals surface area (Å²) < 4.78 is 1.33. The van der Waals surface area contributed by atoms with Crippen molar-refractivity contribution < 1.29 is 4.92 Å². The topological polar surface area (TPSA) is 87.0 Å². The molecule has 0 aliphatic carbocycles. The van der Waals surface area contributed by atoms with Crippen LogP contribution in [0.5, 0.6) is 0 Å². The summed E-state index contributed by atoms with van der Waals surface area (Å²) in [4.78, 5) is 9.98. The van der Waals surface area contributed by atoms with Gasteiger partial charge in [0, 0.05) is 0 Å². The minimum absolute atomic E-state index is 0.0335. The third kappa shape index (κ3) is 1.52. The molecule has 1 heterocycles. The Balaban J connectivity index is 2.52. The molecule has 6 nitrogen and oxygen atoms in total. The molecule has 0 saturated carbocycles. The summed E-state index contributed by atoms with van der Waals surface area (Å²) in [6.45, 7) is 0. The molecule has 1 aromatic heterocycles. The van der Waals surface area contributed by atoms with Crippen molar-refractivity contribution in [2.75, 3.05) is 5.73 Å². The van der Waals surface area contributed by atoms with Crippen LogP contribution in [-0.2, 0) is 0 Å². The lowest BCUT2D eigenvalue weighted by molar-refractivity contribution is -0.383. The summed E-state index contributed by atoms with van der Waals surface area (Å²) in [5.74, 6) is 0.0335. The van der Waals surface area contributed by atoms with Crippen molar-refractivity contribution in [1.29, 1.82) is 0 Å². The van der Waals surface area contributed by atoms with Crippen molar-refractivity contribution in [2.45, 2.75) is 0 Å². The first kappa shape index (κ1) is 9.20. The number of hydrogen-bond donors (Lipinski definition) is 1. The quantitative estimate of drug-likeness (QED) is 0.591. The van der Waals surface area contributed by atoms with E-state index in [2.05, 4.69) is 5.10 Å². The molecule has 0 spiro atoms. The summed E-state index contributed by atoms with van der Waals surface area (Å²) in [5, 5.41) is 14.4. The van der Waals surface area contributed by atoms with Gasteiger partial charge in [0.15, 0.2) is 0 Å². The summed E-state index contributed by atoms with van der Waals surface area (Å²) in [6, 6.07) is 9.00. The zero-order valence-corrected chi connectivity index (χ0v) is 7.70. The second kappa shape index (κ2) is 3.41. The fourth-order valence-electron chi connectivity index (χ4n) is 1.26. The number of hydrogen-bond acceptors (Lipinski definition) is 4. The average Bonchev–Trinajstić information content (AvgIpc) is 2.61. The van der Waals surface area contributed by atoms with Crippen LogP contribution < -0.4 is 5.73 Å². The third-order valence-electron chi connectivity index (χ3n) is 1.98. The van der Waals surface area contributed by atoms with E-state index in [1.807, 2.05) is 18.2 Å². The van der Waals surface area contributed by atoms with E-state index in [-0.39, 0.29) is 11.5 Å². The summed E-state index contributed by atoms with van der Waals surface area (Å²) in [6.07, 6.45) is 1.14. The molecule has 0 saturated heterocycles. The molecule has 0 aliphatic heterocycles. The van der Waals surface area contributed by atoms with Crippen LogP contribution in [0, 0.1) is 10.1 Å². The smallest absolute Gasteiger partial charge is 0.331 e. The van der Waals surface area contributed by atoms with Gasteiger partial charge in [-0.1, -0.05) is 18.2 Å². The molecule has 2 N–H and O–H groups in total. The van der Waals surface area contributed by atoms with Crippen LogP contribution in [0.15, 0.2) is 36.5 Å². The fraction of sp³-hybridized carbons (Fsp3) is 0. The minimum atomic E-state index is -0.554. The van der Waals surface area contributed by atoms with E-state index < -0.39 is 4.92 Å². The van der Waals surface area contributed by atoms with E-state index in [9.17, 15) is 10.1 Å². The monoisotopic (exact) mass is 204 g/mol. The Morgan fingerprint density at radius 3 is 2.53 bits per heavy atom. The molecule has 76 valence electrons. The molecule has 2 aromatic rings. The minimum Gasteiger partial charge on any atom is -0.378 e. The number of nitrogen functional groups attached to an aromatic ring is 1. The lowest BCUT2D eigenvalue weighted by Gasteiger charge is -2.01. The van der Waals surface area contributed by atoms with Gasteiger partial charge in [0.25, 0.3) is 0 Å². The molecule has 0 atom stereocenters. The predicted molar refractivity (Wildman–Crippen MR) is 54.6 cm³/mol. The van der Waals surface area contributed by atoms with Crippen LogP contribution in [0.25, 0.3) is 5.69 Å². The van der Waals surface area contributed by atoms with Gasteiger partial charge in [-0.3, -0.25) is 10.1 Å². The van der Waals surface area contributed by atoms with Crippen LogP contribution in [0.2, 0.25) is 0 Å². The third-order valence-corrected chi connectivity index (χ3v) is 1.98. The van der Waals surface area contributed by atoms with Gasteiger partial charge in [0.05, 0.1) is 10.6 Å². The zero-order chi connectivity index (χ0) is 10.8. The van der Waals surface area contributed by atoms with E-state index in [1.54, 1.807) is 12.1 Å². The van der Waals surface area contributed by atoms with Crippen molar-refractivity contribution in [1.82, 2.24) is 9.78 Å². The first-order valence-corrected chi connectivity index (χ1v) is 4.23. The van der Waals surface area contributed by atoms with Gasteiger partial charge < -0.3 is 5.73 Å². The first-order chi connectivity index (χ1) is 7.20. The number of nitrogens with zero attached hydrogens (tertiary/aromatic N) is 3. The Hall–Kier alpha value is -2.37. The Kier molecular flexibility index (Phi) is 2.09. The van der Waals surface area contributed by atoms with Gasteiger partial charge in [0.1, 0.15) is 6.20 Å². The lowest BCUT2D eigenvalue weighted by Crippen LogP contribution is -2.02. The van der Waals surface area contributed by atoms with Crippen molar-refractivity contribution >= 4 is 11.5 Å². The number of aromatic nitrogens is 2. The molecule has 0 aliphatic rings. The van der Waals surface area contributed by atoms with Gasteiger partial charge in [-0.15, -0.1) is 0 Å². The Labute approximate surface area is 85.1 Å². The van der Waals surface area contributed by atoms with E-state index in [1.165, 1.54) is 4.68 Å². The summed E-state index contributed by atoms with van der Waals surface area (Å²) >= 11 is 0. The number of nitrogens with two attached hydrogens (primary N) is 1. The maximum Gasteiger partial charge on any atom is 0.331 e. The van der Waals surface area contributed by atoms with Crippen LogP contribution in [0.3, 0.4) is 0 Å². The Morgan fingerprint density at radius 1 is 1.33 bits per heavy atom. The van der Waals surface area contributed by atoms with Gasteiger partial charge >= 0.3 is 5.69 Å². The van der Waals surface area contributed by atoms with Crippen LogP contribution >= 0.6 is 0 Å². The number of benzene rings is 1. The molecule has 0 bridgehead atoms. The first-order valence-electron chi connectivity index (χ1n) is 4.23. The number of para-hydroxylation sites is 1. The highest BCUT2D eigenvalue weighted by atomic mass is 16.6. The lowest BCUT2D eigenvalue weighted by atomic mass is 10.3. The van der Waals surface area contributed by atoms with Crippen LogP contribution in [0.4, 0.5) is 11.5 Å². The van der Waals surface area contributed by atoms with Crippen molar-refractivity contribution in [3.8, 4) is 5.69 Å². The standard InChI is InChI=1S/C9H8N4O2/c10-9-8(13(14)15)6-11-12(9)7-4-2-1-3-5-7/h1-6H,10H2. The predicted octanol–water partition coefficient (Wildman–Crippen LogP) is 1.36. The normalized spacial score (nSPS) is 10.1. The molecule has 0 amide bonds. The zero-order valence-electron chi connectivity index (χ0n) is 7.70. The number of anilines is 1. The Morgan fingerprint density at radius 2 is 2.00 bits per heavy atom. The number of rotatable bonds is 2. The fourth-order valence-corrected chi connectivity index (χ4v) is 1.26. The van der Waals surface area contributed by atoms with E-state index >= 15 is 0 Å². The molecule has 1 aromatic carbocycles. The van der Waals surface area contributed by atoms with Gasteiger partial charge in [-0.2, -0.15) is 5.10 Å². The molecule has 2 rings (SSSR count). The van der Waals surface area contributed by atoms with E-state index in [4.69, 9.17) is 5.73 Å². The molecule has 15 heavy (non-hydrogen) atoms. The second-order valence-electron chi connectivity index (χ2n) is 2.92. The van der Waals surface area contributed by atoms with E-state index in [0.717, 1.165) is 6.20 Å². The SMILES string of the molecule is Nc1c([N+](=O)[O-])cnn1-c1ccccc1. The number of nitro groups is 1. The molecule has 6 heteroatoms. The summed E-state index contributed by atoms with van der Waals surface area (Å²) in [5.41, 5.74) is 6.11. The van der Waals surface area contributed by atoms with Crippen molar-refractivity contribution in [3.63, 3.8) is 0 Å². The summed E-state index contributed by atoms with van der Waals surface area (Å²) in [7, 11) is 0.